The van der Waals surface area contributed by atoms with Crippen LogP contribution < -0.4 is 5.56 Å². The quantitative estimate of drug-likeness (QED) is 0.683. The van der Waals surface area contributed by atoms with Gasteiger partial charge >= 0.3 is 0 Å². The van der Waals surface area contributed by atoms with Gasteiger partial charge in [0, 0.05) is 18.0 Å². The fourth-order valence-corrected chi connectivity index (χ4v) is 2.45. The monoisotopic (exact) mass is 304 g/mol. The van der Waals surface area contributed by atoms with Crippen LogP contribution >= 0.6 is 23.2 Å². The fourth-order valence-electron chi connectivity index (χ4n) is 2.16. The normalized spacial score (nSPS) is 10.9. The molecule has 0 saturated heterocycles. The molecule has 0 fully saturated rings. The van der Waals surface area contributed by atoms with Crippen molar-refractivity contribution in [2.75, 3.05) is 0 Å². The minimum atomic E-state index is -0.121. The Morgan fingerprint density at radius 2 is 1.70 bits per heavy atom. The number of hydrogen-bond acceptors (Lipinski definition) is 2. The van der Waals surface area contributed by atoms with Crippen molar-refractivity contribution in [1.82, 2.24) is 9.78 Å². The Balaban J connectivity index is 2.39. The van der Waals surface area contributed by atoms with Gasteiger partial charge in [-0.3, -0.25) is 4.79 Å². The third kappa shape index (κ3) is 2.09. The Hall–Kier alpha value is -1.84. The molecule has 2 aromatic carbocycles. The van der Waals surface area contributed by atoms with Crippen LogP contribution in [0.2, 0.25) is 10.0 Å². The molecule has 0 aliphatic rings. The van der Waals surface area contributed by atoms with Gasteiger partial charge in [-0.15, -0.1) is 0 Å². The highest BCUT2D eigenvalue weighted by atomic mass is 35.5. The lowest BCUT2D eigenvalue weighted by Crippen LogP contribution is -2.20. The second-order valence-corrected chi connectivity index (χ2v) is 5.27. The Labute approximate surface area is 125 Å². The van der Waals surface area contributed by atoms with Crippen LogP contribution in [-0.2, 0) is 7.05 Å². The second-order valence-electron chi connectivity index (χ2n) is 4.45. The first-order valence-corrected chi connectivity index (χ1v) is 6.75. The largest absolute Gasteiger partial charge is 0.274 e. The Bertz CT molecular complexity index is 871. The number of aryl methyl sites for hydroxylation is 1. The molecule has 0 atom stereocenters. The number of hydrogen-bond donors (Lipinski definition) is 0. The van der Waals surface area contributed by atoms with E-state index in [0.29, 0.717) is 21.1 Å². The molecule has 0 saturated carbocycles. The molecule has 1 aromatic heterocycles. The molecular weight excluding hydrogens is 295 g/mol. The molecule has 3 rings (SSSR count). The minimum Gasteiger partial charge on any atom is -0.267 e. The van der Waals surface area contributed by atoms with Crippen LogP contribution in [0.4, 0.5) is 0 Å². The number of fused-ring (bicyclic) bond motifs is 1. The predicted octanol–water partition coefficient (Wildman–Crippen LogP) is 3.91. The Morgan fingerprint density at radius 1 is 1.00 bits per heavy atom. The highest BCUT2D eigenvalue weighted by molar-refractivity contribution is 6.42. The summed E-state index contributed by atoms with van der Waals surface area (Å²) < 4.78 is 1.33. The van der Waals surface area contributed by atoms with E-state index in [1.54, 1.807) is 25.2 Å². The third-order valence-electron chi connectivity index (χ3n) is 3.15. The SMILES string of the molecule is Cn1nc(-c2ccc(Cl)c(Cl)c2)c2ccccc2c1=O. The molecule has 0 aliphatic heterocycles. The van der Waals surface area contributed by atoms with Crippen molar-refractivity contribution in [3.8, 4) is 11.3 Å². The van der Waals surface area contributed by atoms with Gasteiger partial charge in [-0.1, -0.05) is 47.5 Å². The van der Waals surface area contributed by atoms with Gasteiger partial charge in [0.15, 0.2) is 0 Å². The van der Waals surface area contributed by atoms with E-state index in [1.165, 1.54) is 4.68 Å². The van der Waals surface area contributed by atoms with E-state index >= 15 is 0 Å². The van der Waals surface area contributed by atoms with E-state index in [0.717, 1.165) is 10.9 Å². The van der Waals surface area contributed by atoms with Crippen molar-refractivity contribution in [3.05, 3.63) is 62.9 Å². The molecule has 3 nitrogen and oxygen atoms in total. The van der Waals surface area contributed by atoms with E-state index in [-0.39, 0.29) is 5.56 Å². The summed E-state index contributed by atoms with van der Waals surface area (Å²) in [5.41, 5.74) is 1.41. The zero-order chi connectivity index (χ0) is 14.3. The van der Waals surface area contributed by atoms with E-state index in [9.17, 15) is 4.79 Å². The highest BCUT2D eigenvalue weighted by Crippen LogP contribution is 2.30. The first kappa shape index (κ1) is 13.2. The maximum absolute atomic E-state index is 12.1. The summed E-state index contributed by atoms with van der Waals surface area (Å²) in [5.74, 6) is 0. The van der Waals surface area contributed by atoms with Gasteiger partial charge in [0.25, 0.3) is 5.56 Å². The van der Waals surface area contributed by atoms with Crippen molar-refractivity contribution in [1.29, 1.82) is 0 Å². The van der Waals surface area contributed by atoms with Gasteiger partial charge in [-0.05, 0) is 18.2 Å². The van der Waals surface area contributed by atoms with Crippen molar-refractivity contribution in [2.45, 2.75) is 0 Å². The van der Waals surface area contributed by atoms with E-state index in [2.05, 4.69) is 5.10 Å². The summed E-state index contributed by atoms with van der Waals surface area (Å²) in [5, 5.41) is 6.73. The summed E-state index contributed by atoms with van der Waals surface area (Å²) in [7, 11) is 1.63. The van der Waals surface area contributed by atoms with E-state index < -0.39 is 0 Å². The average Bonchev–Trinajstić information content (AvgIpc) is 2.46. The van der Waals surface area contributed by atoms with Crippen LogP contribution in [0.25, 0.3) is 22.0 Å². The van der Waals surface area contributed by atoms with Crippen LogP contribution in [0, 0.1) is 0 Å². The summed E-state index contributed by atoms with van der Waals surface area (Å²) in [6, 6.07) is 12.7. The van der Waals surface area contributed by atoms with Gasteiger partial charge in [0.2, 0.25) is 0 Å². The third-order valence-corrected chi connectivity index (χ3v) is 3.89. The molecule has 1 heterocycles. The first-order valence-electron chi connectivity index (χ1n) is 5.99. The molecule has 0 radical (unpaired) electrons. The zero-order valence-electron chi connectivity index (χ0n) is 10.6. The summed E-state index contributed by atoms with van der Waals surface area (Å²) >= 11 is 12.0. The van der Waals surface area contributed by atoms with Gasteiger partial charge in [-0.2, -0.15) is 5.10 Å². The Morgan fingerprint density at radius 3 is 2.40 bits per heavy atom. The number of nitrogens with zero attached hydrogens (tertiary/aromatic N) is 2. The summed E-state index contributed by atoms with van der Waals surface area (Å²) in [6.45, 7) is 0. The molecule has 0 aliphatic carbocycles. The van der Waals surface area contributed by atoms with E-state index in [1.807, 2.05) is 24.3 Å². The maximum Gasteiger partial charge on any atom is 0.274 e. The molecule has 0 amide bonds. The molecule has 3 aromatic rings. The van der Waals surface area contributed by atoms with Gasteiger partial charge in [0.1, 0.15) is 0 Å². The second kappa shape index (κ2) is 4.93. The van der Waals surface area contributed by atoms with Gasteiger partial charge in [0.05, 0.1) is 21.1 Å². The lowest BCUT2D eigenvalue weighted by molar-refractivity contribution is 0.722. The summed E-state index contributed by atoms with van der Waals surface area (Å²) in [6.07, 6.45) is 0. The molecular formula is C15H10Cl2N2O. The predicted molar refractivity (Wildman–Crippen MR) is 82.4 cm³/mol. The van der Waals surface area contributed by atoms with Crippen molar-refractivity contribution >= 4 is 34.0 Å². The van der Waals surface area contributed by atoms with Crippen LogP contribution in [-0.4, -0.2) is 9.78 Å². The molecule has 100 valence electrons. The first-order chi connectivity index (χ1) is 9.58. The maximum atomic E-state index is 12.1. The fraction of sp³-hybridized carbons (Fsp3) is 0.0667. The summed E-state index contributed by atoms with van der Waals surface area (Å²) in [4.78, 5) is 12.1. The number of rotatable bonds is 1. The lowest BCUT2D eigenvalue weighted by Gasteiger charge is -2.08. The zero-order valence-corrected chi connectivity index (χ0v) is 12.1. The number of aromatic nitrogens is 2. The lowest BCUT2D eigenvalue weighted by atomic mass is 10.1. The molecule has 5 heteroatoms. The topological polar surface area (TPSA) is 34.9 Å². The average molecular weight is 305 g/mol. The number of halogens is 2. The van der Waals surface area contributed by atoms with E-state index in [4.69, 9.17) is 23.2 Å². The standard InChI is InChI=1S/C15H10Cl2N2O/c1-19-15(20)11-5-3-2-4-10(11)14(18-19)9-6-7-12(16)13(17)8-9/h2-8H,1H3. The molecule has 0 N–H and O–H groups in total. The Kier molecular flexibility index (Phi) is 3.24. The van der Waals surface area contributed by atoms with Crippen molar-refractivity contribution < 1.29 is 0 Å². The van der Waals surface area contributed by atoms with Crippen LogP contribution in [0.3, 0.4) is 0 Å². The van der Waals surface area contributed by atoms with Crippen molar-refractivity contribution in [3.63, 3.8) is 0 Å². The molecule has 0 spiro atoms. The molecule has 20 heavy (non-hydrogen) atoms. The van der Waals surface area contributed by atoms with Crippen molar-refractivity contribution in [2.24, 2.45) is 7.05 Å². The smallest absolute Gasteiger partial charge is 0.267 e. The minimum absolute atomic E-state index is 0.121. The van der Waals surface area contributed by atoms with Gasteiger partial charge in [-0.25, -0.2) is 4.68 Å². The van der Waals surface area contributed by atoms with Crippen LogP contribution in [0.1, 0.15) is 0 Å². The van der Waals surface area contributed by atoms with Crippen LogP contribution in [0.5, 0.6) is 0 Å². The van der Waals surface area contributed by atoms with Crippen LogP contribution in [0.15, 0.2) is 47.3 Å². The van der Waals surface area contributed by atoms with Gasteiger partial charge < -0.3 is 0 Å². The highest BCUT2D eigenvalue weighted by Gasteiger charge is 2.11. The molecule has 0 unspecified atom stereocenters. The number of benzene rings is 2. The molecule has 0 bridgehead atoms.